The first-order valence-electron chi connectivity index (χ1n) is 6.07. The molecule has 0 saturated heterocycles. The molecule has 0 fully saturated rings. The van der Waals surface area contributed by atoms with Crippen LogP contribution in [0, 0.1) is 0 Å². The van der Waals surface area contributed by atoms with Crippen LogP contribution in [-0.4, -0.2) is 41.6 Å². The van der Waals surface area contributed by atoms with E-state index in [2.05, 4.69) is 4.74 Å². The van der Waals surface area contributed by atoms with Crippen LogP contribution in [0.4, 0.5) is 0 Å². The van der Waals surface area contributed by atoms with Crippen molar-refractivity contribution >= 4 is 17.9 Å². The maximum Gasteiger partial charge on any atom is 1.00 e. The summed E-state index contributed by atoms with van der Waals surface area (Å²) in [6.07, 6.45) is 1.46. The van der Waals surface area contributed by atoms with Crippen molar-refractivity contribution in [3.8, 4) is 0 Å². The first-order valence-corrected chi connectivity index (χ1v) is 6.07. The number of esters is 2. The van der Waals surface area contributed by atoms with E-state index in [1.807, 2.05) is 0 Å². The van der Waals surface area contributed by atoms with E-state index in [0.717, 1.165) is 6.42 Å². The van der Waals surface area contributed by atoms with Crippen LogP contribution in [-0.2, 0) is 19.1 Å². The summed E-state index contributed by atoms with van der Waals surface area (Å²) in [5.74, 6) is -2.85. The molecule has 0 amide bonds. The number of carboxylic acid groups (broad SMARTS) is 1. The summed E-state index contributed by atoms with van der Waals surface area (Å²) < 4.78 is 4.49. The summed E-state index contributed by atoms with van der Waals surface area (Å²) >= 11 is 0. The van der Waals surface area contributed by atoms with Crippen molar-refractivity contribution in [3.63, 3.8) is 0 Å². The van der Waals surface area contributed by atoms with E-state index in [-0.39, 0.29) is 43.8 Å². The number of rotatable bonds is 9. The first kappa shape index (κ1) is 21.8. The number of carbonyl (C=O) groups is 3. The third kappa shape index (κ3) is 10.3. The smallest absolute Gasteiger partial charge is 1.00 e. The van der Waals surface area contributed by atoms with E-state index >= 15 is 0 Å². The number of ether oxygens (including phenoxy) is 1. The molecule has 0 aliphatic carbocycles. The van der Waals surface area contributed by atoms with Gasteiger partial charge < -0.3 is 28.5 Å². The van der Waals surface area contributed by atoms with Crippen molar-refractivity contribution < 1.29 is 55.2 Å². The summed E-state index contributed by atoms with van der Waals surface area (Å²) in [4.78, 5) is 33.0. The molecule has 0 aliphatic rings. The Morgan fingerprint density at radius 2 is 1.70 bits per heavy atom. The molecule has 0 aromatic heterocycles. The van der Waals surface area contributed by atoms with Gasteiger partial charge in [0.1, 0.15) is 12.1 Å². The topological polar surface area (TPSA) is 159 Å². The zero-order valence-electron chi connectivity index (χ0n) is 12.7. The normalized spacial score (nSPS) is 12.9. The second kappa shape index (κ2) is 12.2. The molecule has 0 unspecified atom stereocenters. The number of unbranched alkanes of at least 4 members (excludes halogenated alkanes) is 1. The van der Waals surface area contributed by atoms with Gasteiger partial charge in [0.2, 0.25) is 0 Å². The molecule has 9 heteroatoms. The van der Waals surface area contributed by atoms with Gasteiger partial charge in [0.05, 0.1) is 0 Å². The fraction of sp³-hybridized carbons (Fsp3) is 0.727. The maximum absolute atomic E-state index is 11.4. The number of carboxylic acids is 1. The molecule has 0 radical (unpaired) electrons. The Balaban J connectivity index is -0.00000162. The van der Waals surface area contributed by atoms with Crippen LogP contribution < -0.4 is 46.8 Å². The predicted molar refractivity (Wildman–Crippen MR) is 67.9 cm³/mol. The van der Waals surface area contributed by atoms with Gasteiger partial charge in [-0.1, -0.05) is 6.42 Å². The Bertz CT molecular complexity index is 333. The second-order valence-electron chi connectivity index (χ2n) is 4.17. The SMILES string of the molecule is NCCCC[C@H](N)C(=O)OC(=O)CC[C@H](N)C(=O)O.[H-].[Na+]. The van der Waals surface area contributed by atoms with Gasteiger partial charge in [0, 0.05) is 6.42 Å². The van der Waals surface area contributed by atoms with Crippen LogP contribution in [0.1, 0.15) is 33.5 Å². The van der Waals surface area contributed by atoms with Crippen molar-refractivity contribution in [2.24, 2.45) is 17.2 Å². The first-order chi connectivity index (χ1) is 8.88. The van der Waals surface area contributed by atoms with Gasteiger partial charge in [-0.3, -0.25) is 9.59 Å². The van der Waals surface area contributed by atoms with Gasteiger partial charge in [-0.05, 0) is 25.8 Å². The molecule has 0 aliphatic heterocycles. The molecule has 0 aromatic rings. The molecule has 0 bridgehead atoms. The Hall–Kier alpha value is -0.510. The third-order valence-corrected chi connectivity index (χ3v) is 2.46. The molecule has 2 atom stereocenters. The van der Waals surface area contributed by atoms with Gasteiger partial charge in [-0.2, -0.15) is 0 Å². The Morgan fingerprint density at radius 1 is 1.10 bits per heavy atom. The Kier molecular flexibility index (Phi) is 13.3. The predicted octanol–water partition coefficient (Wildman–Crippen LogP) is -4.18. The standard InChI is InChI=1S/C11H21N3O5.Na.H/c12-6-2-1-3-8(14)11(18)19-9(15)5-4-7(13)10(16)17;;/h7-8H,1-6,12-14H2,(H,16,17);;/q;+1;-1/t7-,8-;;/m0../s1. The van der Waals surface area contributed by atoms with Crippen molar-refractivity contribution in [2.45, 2.75) is 44.2 Å². The van der Waals surface area contributed by atoms with Crippen molar-refractivity contribution in [1.82, 2.24) is 0 Å². The molecule has 7 N–H and O–H groups in total. The van der Waals surface area contributed by atoms with Gasteiger partial charge >= 0.3 is 47.5 Å². The summed E-state index contributed by atoms with van der Waals surface area (Å²) in [5.41, 5.74) is 16.0. The Labute approximate surface area is 141 Å². The maximum atomic E-state index is 11.4. The second-order valence-corrected chi connectivity index (χ2v) is 4.17. The van der Waals surface area contributed by atoms with E-state index in [9.17, 15) is 14.4 Å². The van der Waals surface area contributed by atoms with Gasteiger partial charge in [0.15, 0.2) is 0 Å². The van der Waals surface area contributed by atoms with Gasteiger partial charge in [0.25, 0.3) is 0 Å². The average Bonchev–Trinajstić information content (AvgIpc) is 2.35. The van der Waals surface area contributed by atoms with Crippen molar-refractivity contribution in [3.05, 3.63) is 0 Å². The average molecular weight is 299 g/mol. The molecular weight excluding hydrogens is 277 g/mol. The quantitative estimate of drug-likeness (QED) is 0.144. The minimum absolute atomic E-state index is 0. The molecule has 0 saturated carbocycles. The summed E-state index contributed by atoms with van der Waals surface area (Å²) in [7, 11) is 0. The molecular formula is C11H22N3NaO5. The largest absolute Gasteiger partial charge is 1.00 e. The van der Waals surface area contributed by atoms with Crippen molar-refractivity contribution in [1.29, 1.82) is 0 Å². The van der Waals surface area contributed by atoms with Crippen LogP contribution in [0.15, 0.2) is 0 Å². The van der Waals surface area contributed by atoms with E-state index < -0.39 is 30.0 Å². The monoisotopic (exact) mass is 299 g/mol. The summed E-state index contributed by atoms with van der Waals surface area (Å²) in [5, 5.41) is 8.51. The molecule has 0 spiro atoms. The zero-order chi connectivity index (χ0) is 14.8. The number of aliphatic carboxylic acids is 1. The van der Waals surface area contributed by atoms with E-state index in [1.54, 1.807) is 0 Å². The Morgan fingerprint density at radius 3 is 2.20 bits per heavy atom. The fourth-order valence-electron chi connectivity index (χ4n) is 1.26. The zero-order valence-corrected chi connectivity index (χ0v) is 13.7. The molecule has 0 heterocycles. The number of nitrogens with two attached hydrogens (primary N) is 3. The van der Waals surface area contributed by atoms with Gasteiger partial charge in [-0.15, -0.1) is 0 Å². The fourth-order valence-corrected chi connectivity index (χ4v) is 1.26. The minimum atomic E-state index is -1.21. The molecule has 0 aromatic carbocycles. The summed E-state index contributed by atoms with van der Waals surface area (Å²) in [6, 6.07) is -2.02. The van der Waals surface area contributed by atoms with Crippen molar-refractivity contribution in [2.75, 3.05) is 6.54 Å². The summed E-state index contributed by atoms with van der Waals surface area (Å²) in [6.45, 7) is 0.508. The van der Waals surface area contributed by atoms with E-state index in [4.69, 9.17) is 22.3 Å². The molecule has 20 heavy (non-hydrogen) atoms. The van der Waals surface area contributed by atoms with Crippen LogP contribution in [0.2, 0.25) is 0 Å². The number of hydrogen-bond acceptors (Lipinski definition) is 7. The van der Waals surface area contributed by atoms with Crippen LogP contribution in [0.25, 0.3) is 0 Å². The van der Waals surface area contributed by atoms with Crippen LogP contribution in [0.3, 0.4) is 0 Å². The van der Waals surface area contributed by atoms with E-state index in [1.165, 1.54) is 0 Å². The van der Waals surface area contributed by atoms with Crippen LogP contribution in [0.5, 0.6) is 0 Å². The third-order valence-electron chi connectivity index (χ3n) is 2.46. The number of hydrogen-bond donors (Lipinski definition) is 4. The van der Waals surface area contributed by atoms with E-state index in [0.29, 0.717) is 19.4 Å². The molecule has 8 nitrogen and oxygen atoms in total. The van der Waals surface area contributed by atoms with Gasteiger partial charge in [-0.25, -0.2) is 4.79 Å². The molecule has 0 rings (SSSR count). The van der Waals surface area contributed by atoms with Crippen LogP contribution >= 0.6 is 0 Å². The molecule has 112 valence electrons. The minimum Gasteiger partial charge on any atom is -1.00 e. The number of carbonyl (C=O) groups excluding carboxylic acids is 2.